The van der Waals surface area contributed by atoms with Gasteiger partial charge in [0.15, 0.2) is 5.13 Å². The number of thiazole rings is 1. The minimum Gasteiger partial charge on any atom is -0.497 e. The van der Waals surface area contributed by atoms with E-state index in [2.05, 4.69) is 23.3 Å². The van der Waals surface area contributed by atoms with Crippen molar-refractivity contribution in [2.24, 2.45) is 0 Å². The Labute approximate surface area is 190 Å². The van der Waals surface area contributed by atoms with Crippen molar-refractivity contribution in [3.63, 3.8) is 0 Å². The van der Waals surface area contributed by atoms with Crippen LogP contribution in [0.4, 0.5) is 5.13 Å². The second-order valence-corrected chi connectivity index (χ2v) is 10.0. The lowest BCUT2D eigenvalue weighted by Crippen LogP contribution is -2.36. The first-order valence-corrected chi connectivity index (χ1v) is 12.7. The number of ether oxygens (including phenoxy) is 1. The molecule has 30 heavy (non-hydrogen) atoms. The van der Waals surface area contributed by atoms with Crippen molar-refractivity contribution < 1.29 is 9.53 Å². The fraction of sp³-hybridized carbons (Fsp3) is 0.364. The summed E-state index contributed by atoms with van der Waals surface area (Å²) in [4.78, 5) is 24.1. The summed E-state index contributed by atoms with van der Waals surface area (Å²) < 4.78 is 6.31. The third-order valence-electron chi connectivity index (χ3n) is 4.53. The number of benzene rings is 2. The van der Waals surface area contributed by atoms with Gasteiger partial charge in [-0.3, -0.25) is 9.69 Å². The van der Waals surface area contributed by atoms with Crippen molar-refractivity contribution in [3.8, 4) is 5.75 Å². The zero-order valence-corrected chi connectivity index (χ0v) is 20.2. The molecule has 0 atom stereocenters. The van der Waals surface area contributed by atoms with Crippen molar-refractivity contribution in [2.75, 3.05) is 51.2 Å². The van der Waals surface area contributed by atoms with Gasteiger partial charge in [-0.1, -0.05) is 11.3 Å². The Kier molecular flexibility index (Phi) is 8.44. The summed E-state index contributed by atoms with van der Waals surface area (Å²) in [6.45, 7) is 1.43. The normalized spacial score (nSPS) is 11.2. The van der Waals surface area contributed by atoms with Crippen LogP contribution in [-0.2, 0) is 4.79 Å². The molecule has 0 radical (unpaired) electrons. The number of hydrogen-bond donors (Lipinski definition) is 0. The smallest absolute Gasteiger partial charge is 0.229 e. The summed E-state index contributed by atoms with van der Waals surface area (Å²) in [5, 5.41) is 0.782. The lowest BCUT2D eigenvalue weighted by molar-refractivity contribution is -0.118. The monoisotopic (exact) mass is 461 g/mol. The van der Waals surface area contributed by atoms with Gasteiger partial charge in [-0.2, -0.15) is 0 Å². The van der Waals surface area contributed by atoms with Gasteiger partial charge < -0.3 is 9.64 Å². The molecule has 1 heterocycles. The predicted octanol–water partition coefficient (Wildman–Crippen LogP) is 5.10. The van der Waals surface area contributed by atoms with Crippen LogP contribution in [0, 0.1) is 0 Å². The lowest BCUT2D eigenvalue weighted by atomic mass is 10.3. The highest BCUT2D eigenvalue weighted by Crippen LogP contribution is 2.32. The Morgan fingerprint density at radius 2 is 1.83 bits per heavy atom. The maximum absolute atomic E-state index is 13.1. The van der Waals surface area contributed by atoms with Crippen LogP contribution >= 0.6 is 34.9 Å². The van der Waals surface area contributed by atoms with Crippen molar-refractivity contribution in [2.45, 2.75) is 16.2 Å². The van der Waals surface area contributed by atoms with Crippen molar-refractivity contribution in [3.05, 3.63) is 42.5 Å². The van der Waals surface area contributed by atoms with Crippen molar-refractivity contribution in [1.29, 1.82) is 0 Å². The molecule has 3 aromatic rings. The van der Waals surface area contributed by atoms with Crippen LogP contribution in [0.3, 0.4) is 0 Å². The summed E-state index contributed by atoms with van der Waals surface area (Å²) in [6, 6.07) is 14.2. The molecule has 0 bridgehead atoms. The SMILES string of the molecule is COc1ccc(SCCC(=O)N(CCN(C)C)c2nc3ccc(SC)cc3s2)cc1. The highest BCUT2D eigenvalue weighted by Gasteiger charge is 2.20. The Hall–Kier alpha value is -1.74. The minimum absolute atomic E-state index is 0.113. The van der Waals surface area contributed by atoms with E-state index in [0.29, 0.717) is 13.0 Å². The number of anilines is 1. The fourth-order valence-electron chi connectivity index (χ4n) is 2.83. The standard InChI is InChI=1S/C22H27N3O2S3/c1-24(2)12-13-25(22-23-19-10-9-18(28-4)15-20(19)30-22)21(26)11-14-29-17-7-5-16(27-3)6-8-17/h5-10,15H,11-14H2,1-4H3. The van der Waals surface area contributed by atoms with Crippen molar-refractivity contribution in [1.82, 2.24) is 9.88 Å². The first-order valence-electron chi connectivity index (χ1n) is 9.66. The van der Waals surface area contributed by atoms with Crippen LogP contribution in [0.25, 0.3) is 10.2 Å². The molecular formula is C22H27N3O2S3. The number of fused-ring (bicyclic) bond motifs is 1. The topological polar surface area (TPSA) is 45.7 Å². The van der Waals surface area contributed by atoms with Crippen LogP contribution in [0.5, 0.6) is 5.75 Å². The molecule has 0 fully saturated rings. The maximum atomic E-state index is 13.1. The molecule has 1 aromatic heterocycles. The molecular weight excluding hydrogens is 434 g/mol. The summed E-state index contributed by atoms with van der Waals surface area (Å²) in [5.74, 6) is 1.68. The summed E-state index contributed by atoms with van der Waals surface area (Å²) in [7, 11) is 5.70. The molecule has 0 aliphatic rings. The van der Waals surface area contributed by atoms with E-state index in [0.717, 1.165) is 38.3 Å². The van der Waals surface area contributed by atoms with Crippen LogP contribution in [0.1, 0.15) is 6.42 Å². The van der Waals surface area contributed by atoms with E-state index in [9.17, 15) is 4.79 Å². The van der Waals surface area contributed by atoms with Gasteiger partial charge in [-0.25, -0.2) is 4.98 Å². The van der Waals surface area contributed by atoms with Gasteiger partial charge in [-0.15, -0.1) is 23.5 Å². The first-order chi connectivity index (χ1) is 14.5. The third kappa shape index (κ3) is 6.14. The van der Waals surface area contributed by atoms with Gasteiger partial charge in [-0.05, 0) is 62.8 Å². The molecule has 1 amide bonds. The van der Waals surface area contributed by atoms with Crippen molar-refractivity contribution >= 4 is 56.1 Å². The predicted molar refractivity (Wildman–Crippen MR) is 131 cm³/mol. The Morgan fingerprint density at radius 3 is 2.50 bits per heavy atom. The number of hydrogen-bond acceptors (Lipinski definition) is 7. The number of nitrogens with zero attached hydrogens (tertiary/aromatic N) is 3. The summed E-state index contributed by atoms with van der Waals surface area (Å²) >= 11 is 4.99. The molecule has 0 saturated heterocycles. The van der Waals surface area contributed by atoms with E-state index in [1.165, 1.54) is 4.90 Å². The maximum Gasteiger partial charge on any atom is 0.229 e. The number of rotatable bonds is 10. The van der Waals surface area contributed by atoms with E-state index in [1.807, 2.05) is 49.3 Å². The molecule has 0 unspecified atom stereocenters. The van der Waals surface area contributed by atoms with Gasteiger partial charge >= 0.3 is 0 Å². The highest BCUT2D eigenvalue weighted by atomic mass is 32.2. The minimum atomic E-state index is 0.113. The highest BCUT2D eigenvalue weighted by molar-refractivity contribution is 7.99. The summed E-state index contributed by atoms with van der Waals surface area (Å²) in [5.41, 5.74) is 0.947. The van der Waals surface area contributed by atoms with E-state index in [1.54, 1.807) is 42.0 Å². The average Bonchev–Trinajstić information content (AvgIpc) is 3.16. The van der Waals surface area contributed by atoms with Gasteiger partial charge in [0, 0.05) is 35.1 Å². The van der Waals surface area contributed by atoms with Gasteiger partial charge in [0.2, 0.25) is 5.91 Å². The number of aromatic nitrogens is 1. The fourth-order valence-corrected chi connectivity index (χ4v) is 5.23. The summed E-state index contributed by atoms with van der Waals surface area (Å²) in [6.07, 6.45) is 2.53. The molecule has 0 saturated carbocycles. The lowest BCUT2D eigenvalue weighted by Gasteiger charge is -2.22. The third-order valence-corrected chi connectivity index (χ3v) is 7.31. The molecule has 3 rings (SSSR count). The average molecular weight is 462 g/mol. The molecule has 5 nitrogen and oxygen atoms in total. The Morgan fingerprint density at radius 1 is 1.10 bits per heavy atom. The van der Waals surface area contributed by atoms with Gasteiger partial charge in [0.05, 0.1) is 17.3 Å². The zero-order chi connectivity index (χ0) is 21.5. The second-order valence-electron chi connectivity index (χ2n) is 6.95. The van der Waals surface area contributed by atoms with Gasteiger partial charge in [0.1, 0.15) is 5.75 Å². The molecule has 0 spiro atoms. The van der Waals surface area contributed by atoms with Crippen LogP contribution < -0.4 is 9.64 Å². The second kappa shape index (κ2) is 11.0. The number of carbonyl (C=O) groups excluding carboxylic acids is 1. The number of methoxy groups -OCH3 is 1. The largest absolute Gasteiger partial charge is 0.497 e. The van der Waals surface area contributed by atoms with Gasteiger partial charge in [0.25, 0.3) is 0 Å². The molecule has 0 aliphatic carbocycles. The van der Waals surface area contributed by atoms with E-state index < -0.39 is 0 Å². The van der Waals surface area contributed by atoms with Crippen LogP contribution in [0.15, 0.2) is 52.3 Å². The van der Waals surface area contributed by atoms with E-state index in [4.69, 9.17) is 9.72 Å². The molecule has 0 N–H and O–H groups in total. The molecule has 8 heteroatoms. The number of likely N-dealkylation sites (N-methyl/N-ethyl adjacent to an activating group) is 1. The van der Waals surface area contributed by atoms with E-state index >= 15 is 0 Å². The van der Waals surface area contributed by atoms with Crippen LogP contribution in [-0.4, -0.2) is 62.1 Å². The first kappa shape index (κ1) is 22.9. The zero-order valence-electron chi connectivity index (χ0n) is 17.8. The quantitative estimate of drug-likeness (QED) is 0.391. The van der Waals surface area contributed by atoms with E-state index in [-0.39, 0.29) is 5.91 Å². The Bertz CT molecular complexity index is 973. The Balaban J connectivity index is 1.69. The molecule has 2 aromatic carbocycles. The number of thioether (sulfide) groups is 2. The number of carbonyl (C=O) groups is 1. The van der Waals surface area contributed by atoms with Crippen LogP contribution in [0.2, 0.25) is 0 Å². The number of amides is 1. The molecule has 160 valence electrons. The molecule has 0 aliphatic heterocycles.